The highest BCUT2D eigenvalue weighted by atomic mass is 16.2. The summed E-state index contributed by atoms with van der Waals surface area (Å²) in [6, 6.07) is 11.9. The van der Waals surface area contributed by atoms with Crippen LogP contribution in [0, 0.1) is 6.92 Å². The summed E-state index contributed by atoms with van der Waals surface area (Å²) in [7, 11) is 0. The van der Waals surface area contributed by atoms with Crippen LogP contribution in [-0.4, -0.2) is 43.7 Å². The van der Waals surface area contributed by atoms with Crippen LogP contribution in [-0.2, 0) is 30.7 Å². The fourth-order valence-corrected chi connectivity index (χ4v) is 4.87. The number of aromatic amines is 1. The van der Waals surface area contributed by atoms with Gasteiger partial charge in [-0.05, 0) is 37.0 Å². The normalized spacial score (nSPS) is 18.3. The van der Waals surface area contributed by atoms with Crippen LogP contribution in [0.4, 0.5) is 0 Å². The summed E-state index contributed by atoms with van der Waals surface area (Å²) in [5, 5.41) is 0. The summed E-state index contributed by atoms with van der Waals surface area (Å²) in [4.78, 5) is 42.3. The van der Waals surface area contributed by atoms with Gasteiger partial charge in [-0.3, -0.25) is 19.5 Å². The summed E-state index contributed by atoms with van der Waals surface area (Å²) in [6.07, 6.45) is 6.48. The molecule has 1 aromatic carbocycles. The van der Waals surface area contributed by atoms with Crippen molar-refractivity contribution in [1.82, 2.24) is 24.8 Å². The van der Waals surface area contributed by atoms with Crippen LogP contribution >= 0.6 is 0 Å². The van der Waals surface area contributed by atoms with Crippen molar-refractivity contribution in [3.63, 3.8) is 0 Å². The molecule has 2 aliphatic rings. The van der Waals surface area contributed by atoms with Crippen LogP contribution in [0.15, 0.2) is 53.6 Å². The molecule has 1 atom stereocenters. The molecule has 7 heteroatoms. The summed E-state index contributed by atoms with van der Waals surface area (Å²) < 4.78 is 0. The van der Waals surface area contributed by atoms with Crippen molar-refractivity contribution in [2.75, 3.05) is 13.1 Å². The summed E-state index contributed by atoms with van der Waals surface area (Å²) >= 11 is 0. The molecule has 5 rings (SSSR count). The highest BCUT2D eigenvalue weighted by Crippen LogP contribution is 2.31. The number of fused-ring (bicyclic) bond motifs is 1. The summed E-state index contributed by atoms with van der Waals surface area (Å²) in [5.41, 5.74) is 4.86. The number of nitrogens with one attached hydrogen (secondary N) is 1. The van der Waals surface area contributed by atoms with Crippen LogP contribution in [0.1, 0.15) is 52.7 Å². The number of carbonyl (C=O) groups is 1. The predicted molar refractivity (Wildman–Crippen MR) is 125 cm³/mol. The Morgan fingerprint density at radius 1 is 1.15 bits per heavy atom. The Hall–Kier alpha value is -3.32. The molecule has 3 aromatic rings. The molecular weight excluding hydrogens is 414 g/mol. The Morgan fingerprint density at radius 2 is 2.00 bits per heavy atom. The number of amides is 1. The van der Waals surface area contributed by atoms with Gasteiger partial charge in [0.1, 0.15) is 5.82 Å². The van der Waals surface area contributed by atoms with Crippen molar-refractivity contribution in [3.05, 3.63) is 92.9 Å². The second-order valence-electron chi connectivity index (χ2n) is 9.11. The number of H-pyrrole nitrogens is 1. The van der Waals surface area contributed by atoms with Gasteiger partial charge in [0, 0.05) is 45.0 Å². The van der Waals surface area contributed by atoms with E-state index in [1.807, 2.05) is 48.4 Å². The second kappa shape index (κ2) is 9.27. The lowest BCUT2D eigenvalue weighted by atomic mass is 10.1. The molecule has 2 aromatic heterocycles. The van der Waals surface area contributed by atoms with Crippen molar-refractivity contribution < 1.29 is 4.79 Å². The fourth-order valence-electron chi connectivity index (χ4n) is 4.87. The van der Waals surface area contributed by atoms with E-state index < -0.39 is 0 Å². The number of benzene rings is 1. The average Bonchev–Trinajstić information content (AvgIpc) is 3.32. The lowest BCUT2D eigenvalue weighted by Crippen LogP contribution is -2.38. The Labute approximate surface area is 193 Å². The van der Waals surface area contributed by atoms with E-state index in [1.165, 1.54) is 5.56 Å². The molecular formula is C26H29N5O2. The maximum absolute atomic E-state index is 13.1. The van der Waals surface area contributed by atoms with Crippen LogP contribution in [0.25, 0.3) is 0 Å². The number of aromatic nitrogens is 3. The molecule has 1 saturated heterocycles. The average molecular weight is 444 g/mol. The molecule has 0 unspecified atom stereocenters. The second-order valence-corrected chi connectivity index (χ2v) is 9.11. The molecule has 2 aliphatic heterocycles. The lowest BCUT2D eigenvalue weighted by molar-refractivity contribution is -0.131. The highest BCUT2D eigenvalue weighted by Gasteiger charge is 2.33. The van der Waals surface area contributed by atoms with Crippen molar-refractivity contribution in [2.24, 2.45) is 0 Å². The first kappa shape index (κ1) is 21.5. The van der Waals surface area contributed by atoms with Gasteiger partial charge in [-0.2, -0.15) is 0 Å². The minimum absolute atomic E-state index is 0.0799. The first-order valence-electron chi connectivity index (χ1n) is 11.6. The number of pyridine rings is 1. The largest absolute Gasteiger partial charge is 0.332 e. The van der Waals surface area contributed by atoms with Gasteiger partial charge in [0.15, 0.2) is 0 Å². The van der Waals surface area contributed by atoms with Crippen molar-refractivity contribution in [1.29, 1.82) is 0 Å². The number of hydrogen-bond donors (Lipinski definition) is 1. The van der Waals surface area contributed by atoms with Gasteiger partial charge in [0.25, 0.3) is 5.56 Å². The third-order valence-electron chi connectivity index (χ3n) is 6.66. The Kier molecular flexibility index (Phi) is 6.05. The number of rotatable bonds is 5. The number of nitrogens with zero attached hydrogens (tertiary/aromatic N) is 4. The molecule has 0 bridgehead atoms. The van der Waals surface area contributed by atoms with Gasteiger partial charge in [-0.1, -0.05) is 35.9 Å². The molecule has 1 fully saturated rings. The van der Waals surface area contributed by atoms with E-state index in [0.717, 1.165) is 54.7 Å². The van der Waals surface area contributed by atoms with E-state index >= 15 is 0 Å². The van der Waals surface area contributed by atoms with E-state index in [4.69, 9.17) is 4.98 Å². The number of aryl methyl sites for hydroxylation is 1. The van der Waals surface area contributed by atoms with E-state index in [-0.39, 0.29) is 17.5 Å². The first-order valence-corrected chi connectivity index (χ1v) is 11.6. The Morgan fingerprint density at radius 3 is 2.79 bits per heavy atom. The first-order chi connectivity index (χ1) is 16.1. The monoisotopic (exact) mass is 443 g/mol. The number of hydrogen-bond acceptors (Lipinski definition) is 5. The third kappa shape index (κ3) is 4.73. The topological polar surface area (TPSA) is 82.2 Å². The molecule has 0 aliphatic carbocycles. The third-order valence-corrected chi connectivity index (χ3v) is 6.66. The van der Waals surface area contributed by atoms with Crippen LogP contribution < -0.4 is 5.56 Å². The summed E-state index contributed by atoms with van der Waals surface area (Å²) in [5.74, 6) is 0.721. The molecule has 1 amide bonds. The number of likely N-dealkylation sites (tertiary alicyclic amines) is 1. The molecule has 33 heavy (non-hydrogen) atoms. The van der Waals surface area contributed by atoms with Crippen molar-refractivity contribution >= 4 is 5.91 Å². The lowest BCUT2D eigenvalue weighted by Gasteiger charge is -2.29. The van der Waals surface area contributed by atoms with E-state index in [0.29, 0.717) is 25.3 Å². The van der Waals surface area contributed by atoms with Crippen molar-refractivity contribution in [2.45, 2.75) is 51.7 Å². The van der Waals surface area contributed by atoms with Gasteiger partial charge in [0.2, 0.25) is 5.91 Å². The zero-order chi connectivity index (χ0) is 22.8. The van der Waals surface area contributed by atoms with Crippen LogP contribution in [0.3, 0.4) is 0 Å². The standard InChI is InChI=1S/C26H29N5O2/c1-18-6-8-19(9-7-18)14-24(32)31-12-3-5-23(31)25-28-22-10-13-30(17-21(22)26(33)29-25)16-20-4-2-11-27-15-20/h2,4,6-9,11,15,23H,3,5,10,12-14,16-17H2,1H3,(H,28,29,33)/t23-/m0/s1. The molecule has 7 nitrogen and oxygen atoms in total. The molecule has 0 saturated carbocycles. The summed E-state index contributed by atoms with van der Waals surface area (Å²) in [6.45, 7) is 4.93. The zero-order valence-electron chi connectivity index (χ0n) is 19.0. The fraction of sp³-hybridized carbons (Fsp3) is 0.385. The minimum Gasteiger partial charge on any atom is -0.332 e. The Balaban J connectivity index is 1.31. The van der Waals surface area contributed by atoms with E-state index in [1.54, 1.807) is 6.20 Å². The SMILES string of the molecule is Cc1ccc(CC(=O)N2CCC[C@H]2c2nc3c(c(=O)[nH]2)CN(Cc2cccnc2)CC3)cc1. The molecule has 0 spiro atoms. The predicted octanol–water partition coefficient (Wildman–Crippen LogP) is 2.94. The molecule has 1 N–H and O–H groups in total. The van der Waals surface area contributed by atoms with Crippen LogP contribution in [0.2, 0.25) is 0 Å². The smallest absolute Gasteiger partial charge is 0.255 e. The number of carbonyl (C=O) groups excluding carboxylic acids is 1. The highest BCUT2D eigenvalue weighted by molar-refractivity contribution is 5.79. The van der Waals surface area contributed by atoms with Gasteiger partial charge in [-0.25, -0.2) is 4.98 Å². The van der Waals surface area contributed by atoms with Gasteiger partial charge >= 0.3 is 0 Å². The minimum atomic E-state index is -0.158. The van der Waals surface area contributed by atoms with Gasteiger partial charge in [0.05, 0.1) is 23.7 Å². The Bertz CT molecular complexity index is 1190. The van der Waals surface area contributed by atoms with Gasteiger partial charge < -0.3 is 9.88 Å². The molecule has 170 valence electrons. The van der Waals surface area contributed by atoms with Crippen molar-refractivity contribution in [3.8, 4) is 0 Å². The van der Waals surface area contributed by atoms with Gasteiger partial charge in [-0.15, -0.1) is 0 Å². The van der Waals surface area contributed by atoms with E-state index in [9.17, 15) is 9.59 Å². The zero-order valence-corrected chi connectivity index (χ0v) is 19.0. The molecule has 0 radical (unpaired) electrons. The van der Waals surface area contributed by atoms with E-state index in [2.05, 4.69) is 20.9 Å². The van der Waals surface area contributed by atoms with Crippen LogP contribution in [0.5, 0.6) is 0 Å². The maximum atomic E-state index is 13.1. The molecule has 4 heterocycles. The maximum Gasteiger partial charge on any atom is 0.255 e. The quantitative estimate of drug-likeness (QED) is 0.656.